The summed E-state index contributed by atoms with van der Waals surface area (Å²) in [6, 6.07) is 8.87. The van der Waals surface area contributed by atoms with Crippen molar-refractivity contribution in [3.8, 4) is 0 Å². The normalized spacial score (nSPS) is 11.9. The van der Waals surface area contributed by atoms with Gasteiger partial charge >= 0.3 is 10.5 Å². The van der Waals surface area contributed by atoms with Crippen molar-refractivity contribution in [3.05, 3.63) is 30.3 Å². The Morgan fingerprint density at radius 1 is 1.32 bits per heavy atom. The smallest absolute Gasteiger partial charge is 0.311 e. The Kier molecular flexibility index (Phi) is 7.96. The number of nitrogens with zero attached hydrogens (tertiary/aromatic N) is 1. The summed E-state index contributed by atoms with van der Waals surface area (Å²) < 4.78 is 51.7. The Balaban J connectivity index is 0.000000388. The number of hydrogen-bond donors (Lipinski definition) is 2. The zero-order valence-corrected chi connectivity index (χ0v) is 11.9. The number of rotatable bonds is 4. The minimum atomic E-state index is -4.02. The van der Waals surface area contributed by atoms with Gasteiger partial charge in [-0.2, -0.15) is 21.2 Å². The van der Waals surface area contributed by atoms with E-state index in [4.69, 9.17) is 10.3 Å². The summed E-state index contributed by atoms with van der Waals surface area (Å²) in [5, 5.41) is 0. The van der Waals surface area contributed by atoms with E-state index in [9.17, 15) is 16.8 Å². The molecule has 1 aromatic rings. The van der Waals surface area contributed by atoms with E-state index in [0.29, 0.717) is 0 Å². The van der Waals surface area contributed by atoms with Gasteiger partial charge in [-0.15, -0.1) is 0 Å². The molecule has 1 aromatic carbocycles. The van der Waals surface area contributed by atoms with Crippen LogP contribution in [0.2, 0.25) is 0 Å². The lowest BCUT2D eigenvalue weighted by molar-refractivity contribution is 0.478. The second kappa shape index (κ2) is 8.62. The molecule has 0 amide bonds. The monoisotopic (exact) mass is 308 g/mol. The van der Waals surface area contributed by atoms with Gasteiger partial charge in [-0.05, 0) is 25.5 Å². The maximum atomic E-state index is 10.2. The van der Waals surface area contributed by atoms with Crippen molar-refractivity contribution in [1.29, 1.82) is 0 Å². The first-order valence-electron chi connectivity index (χ1n) is 5.26. The minimum absolute atomic E-state index is 0.00713. The summed E-state index contributed by atoms with van der Waals surface area (Å²) in [6.07, 6.45) is -0.00713. The Morgan fingerprint density at radius 2 is 1.84 bits per heavy atom. The molecule has 3 N–H and O–H groups in total. The molecule has 0 bridgehead atoms. The van der Waals surface area contributed by atoms with Gasteiger partial charge in [0, 0.05) is 5.69 Å². The Hall–Kier alpha value is -1.45. The van der Waals surface area contributed by atoms with Crippen molar-refractivity contribution in [2.45, 2.75) is 19.4 Å². The first kappa shape index (κ1) is 17.6. The minimum Gasteiger partial charge on any atom is -0.399 e. The summed E-state index contributed by atoms with van der Waals surface area (Å²) in [6.45, 7) is 1.45. The van der Waals surface area contributed by atoms with Gasteiger partial charge in [0.05, 0.1) is 11.8 Å². The molecule has 0 heterocycles. The lowest BCUT2D eigenvalue weighted by Crippen LogP contribution is -2.09. The van der Waals surface area contributed by atoms with Gasteiger partial charge in [0.15, 0.2) is 0 Å². The van der Waals surface area contributed by atoms with Crippen molar-refractivity contribution in [3.63, 3.8) is 0 Å². The van der Waals surface area contributed by atoms with E-state index in [0.717, 1.165) is 5.69 Å². The van der Waals surface area contributed by atoms with E-state index in [2.05, 4.69) is 4.36 Å². The number of hydrogen-bond acceptors (Lipinski definition) is 6. The van der Waals surface area contributed by atoms with Crippen LogP contribution in [0.4, 0.5) is 5.69 Å². The topological polar surface area (TPSA) is 127 Å². The van der Waals surface area contributed by atoms with Crippen LogP contribution in [0.3, 0.4) is 0 Å². The van der Waals surface area contributed by atoms with Crippen molar-refractivity contribution in [1.82, 2.24) is 0 Å². The highest BCUT2D eigenvalue weighted by Gasteiger charge is 2.08. The van der Waals surface area contributed by atoms with Crippen molar-refractivity contribution >= 4 is 26.3 Å². The molecular weight excluding hydrogens is 292 g/mol. The van der Waals surface area contributed by atoms with E-state index >= 15 is 0 Å². The standard InChI is InChI=1S/C6H7N.C4H9NO5S2/c7-6-4-2-1-3-5-6;1-4(5-11(6)7)2-3-12(8,9)10/h1-5H,7H2;4H,2-3H2,1H3,(H,8,9,10). The van der Waals surface area contributed by atoms with Crippen LogP contribution in [0.5, 0.6) is 0 Å². The molecular formula is C10H16N2O5S2. The maximum Gasteiger partial charge on any atom is 0.311 e. The van der Waals surface area contributed by atoms with E-state index in [1.165, 1.54) is 6.92 Å². The summed E-state index contributed by atoms with van der Waals surface area (Å²) in [4.78, 5) is 0. The van der Waals surface area contributed by atoms with Crippen molar-refractivity contribution in [2.24, 2.45) is 4.36 Å². The average molecular weight is 308 g/mol. The average Bonchev–Trinajstić information content (AvgIpc) is 2.26. The molecule has 7 nitrogen and oxygen atoms in total. The SMILES string of the molecule is CC(CCS(=O)(=O)O)N=S(=O)=O.Nc1ccccc1. The van der Waals surface area contributed by atoms with E-state index in [-0.39, 0.29) is 6.42 Å². The van der Waals surface area contributed by atoms with Crippen LogP contribution in [-0.2, 0) is 20.6 Å². The number of nitrogen functional groups attached to an aromatic ring is 1. The van der Waals surface area contributed by atoms with Crippen LogP contribution in [-0.4, -0.2) is 33.2 Å². The Labute approximate surface area is 113 Å². The van der Waals surface area contributed by atoms with Crippen LogP contribution in [0.15, 0.2) is 34.7 Å². The molecule has 0 radical (unpaired) electrons. The molecule has 108 valence electrons. The lowest BCUT2D eigenvalue weighted by atomic mass is 10.3. The maximum absolute atomic E-state index is 10.2. The molecule has 0 saturated heterocycles. The van der Waals surface area contributed by atoms with Crippen LogP contribution >= 0.6 is 0 Å². The number of benzene rings is 1. The molecule has 19 heavy (non-hydrogen) atoms. The predicted molar refractivity (Wildman–Crippen MR) is 72.7 cm³/mol. The highest BCUT2D eigenvalue weighted by atomic mass is 32.2. The predicted octanol–water partition coefficient (Wildman–Crippen LogP) is 0.984. The molecule has 1 rings (SSSR count). The lowest BCUT2D eigenvalue weighted by Gasteiger charge is -1.99. The molecule has 0 fully saturated rings. The molecule has 0 aliphatic carbocycles. The Morgan fingerprint density at radius 3 is 2.16 bits per heavy atom. The number of para-hydroxylation sites is 1. The van der Waals surface area contributed by atoms with Crippen LogP contribution in [0.1, 0.15) is 13.3 Å². The molecule has 1 unspecified atom stereocenters. The highest BCUT2D eigenvalue weighted by Crippen LogP contribution is 1.98. The van der Waals surface area contributed by atoms with Crippen LogP contribution in [0, 0.1) is 0 Å². The molecule has 1 atom stereocenters. The quantitative estimate of drug-likeness (QED) is 0.630. The van der Waals surface area contributed by atoms with E-state index in [1.54, 1.807) is 0 Å². The fraction of sp³-hybridized carbons (Fsp3) is 0.400. The molecule has 0 aromatic heterocycles. The van der Waals surface area contributed by atoms with E-state index < -0.39 is 32.4 Å². The Bertz CT molecular complexity index is 588. The van der Waals surface area contributed by atoms with Gasteiger partial charge < -0.3 is 5.73 Å². The highest BCUT2D eigenvalue weighted by molar-refractivity contribution is 7.85. The van der Waals surface area contributed by atoms with Gasteiger partial charge in [-0.25, -0.2) is 0 Å². The van der Waals surface area contributed by atoms with Gasteiger partial charge in [0.2, 0.25) is 0 Å². The molecule has 0 aliphatic rings. The zero-order valence-electron chi connectivity index (χ0n) is 10.3. The van der Waals surface area contributed by atoms with Crippen LogP contribution < -0.4 is 5.73 Å². The second-order valence-electron chi connectivity index (χ2n) is 3.66. The summed E-state index contributed by atoms with van der Waals surface area (Å²) >= 11 is 0. The number of anilines is 1. The fourth-order valence-corrected chi connectivity index (χ4v) is 2.01. The van der Waals surface area contributed by atoms with E-state index in [1.807, 2.05) is 30.3 Å². The molecule has 0 saturated carbocycles. The van der Waals surface area contributed by atoms with Gasteiger partial charge in [0.25, 0.3) is 10.1 Å². The van der Waals surface area contributed by atoms with Crippen molar-refractivity contribution < 1.29 is 21.4 Å². The first-order valence-corrected chi connectivity index (χ1v) is 7.90. The van der Waals surface area contributed by atoms with Gasteiger partial charge in [0.1, 0.15) is 0 Å². The molecule has 9 heteroatoms. The summed E-state index contributed by atoms with van der Waals surface area (Å²) in [5.74, 6) is -0.477. The summed E-state index contributed by atoms with van der Waals surface area (Å²) in [5.41, 5.74) is 6.18. The molecule has 0 aliphatic heterocycles. The van der Waals surface area contributed by atoms with Gasteiger partial charge in [-0.3, -0.25) is 4.55 Å². The molecule has 0 spiro atoms. The number of nitrogens with two attached hydrogens (primary N) is 1. The van der Waals surface area contributed by atoms with Crippen molar-refractivity contribution in [2.75, 3.05) is 11.5 Å². The van der Waals surface area contributed by atoms with Crippen LogP contribution in [0.25, 0.3) is 0 Å². The zero-order chi connectivity index (χ0) is 14.9. The largest absolute Gasteiger partial charge is 0.399 e. The van der Waals surface area contributed by atoms with Gasteiger partial charge in [-0.1, -0.05) is 18.2 Å². The fourth-order valence-electron chi connectivity index (χ4n) is 0.972. The third kappa shape index (κ3) is 12.8. The second-order valence-corrected chi connectivity index (χ2v) is 5.87. The third-order valence-electron chi connectivity index (χ3n) is 1.86. The third-order valence-corrected chi connectivity index (χ3v) is 3.14. The summed E-state index contributed by atoms with van der Waals surface area (Å²) in [7, 11) is -6.54. The first-order chi connectivity index (χ1) is 8.70.